The molecule has 4 atom stereocenters. The summed E-state index contributed by atoms with van der Waals surface area (Å²) in [6, 6.07) is 9.26. The number of ketones is 1. The topological polar surface area (TPSA) is 104 Å². The Labute approximate surface area is 165 Å². The van der Waals surface area contributed by atoms with Crippen molar-refractivity contribution in [1.29, 1.82) is 0 Å². The van der Waals surface area contributed by atoms with Gasteiger partial charge >= 0.3 is 5.97 Å². The molecule has 0 spiro atoms. The van der Waals surface area contributed by atoms with Crippen molar-refractivity contribution in [2.75, 3.05) is 6.61 Å². The number of carbonyl (C=O) groups excluding carboxylic acids is 1. The zero-order valence-electron chi connectivity index (χ0n) is 16.1. The van der Waals surface area contributed by atoms with Gasteiger partial charge in [-0.3, -0.25) is 9.59 Å². The van der Waals surface area contributed by atoms with Crippen molar-refractivity contribution in [3.05, 3.63) is 42.5 Å². The second kappa shape index (κ2) is 11.6. The summed E-state index contributed by atoms with van der Waals surface area (Å²) >= 11 is 0. The van der Waals surface area contributed by atoms with Crippen molar-refractivity contribution in [3.63, 3.8) is 0 Å². The first-order chi connectivity index (χ1) is 13.5. The number of ether oxygens (including phenoxy) is 1. The number of rotatable bonds is 12. The van der Waals surface area contributed by atoms with Gasteiger partial charge in [-0.15, -0.1) is 0 Å². The van der Waals surface area contributed by atoms with Crippen LogP contribution in [0.25, 0.3) is 0 Å². The molecule has 2 rings (SSSR count). The van der Waals surface area contributed by atoms with E-state index in [-0.39, 0.29) is 37.1 Å². The molecule has 28 heavy (non-hydrogen) atoms. The normalized spacial score (nSPS) is 23.2. The maximum atomic E-state index is 12.2. The number of aliphatic carboxylic acids is 1. The van der Waals surface area contributed by atoms with Crippen LogP contribution in [-0.2, 0) is 9.59 Å². The Kier molecular flexibility index (Phi) is 9.17. The van der Waals surface area contributed by atoms with Crippen molar-refractivity contribution < 1.29 is 29.6 Å². The lowest BCUT2D eigenvalue weighted by Crippen LogP contribution is -2.24. The SMILES string of the molecule is O=C(O)CCC/C=C\C[C@H]1[C@@H](O)CC(=O)[C@@H]1CC[C@@H](O)COc1ccccc1. The maximum absolute atomic E-state index is 12.2. The second-order valence-electron chi connectivity index (χ2n) is 7.36. The molecule has 1 fully saturated rings. The molecule has 1 aromatic carbocycles. The van der Waals surface area contributed by atoms with Crippen LogP contribution in [0.5, 0.6) is 5.75 Å². The maximum Gasteiger partial charge on any atom is 0.303 e. The number of para-hydroxylation sites is 1. The van der Waals surface area contributed by atoms with Crippen LogP contribution >= 0.6 is 0 Å². The molecule has 1 saturated carbocycles. The van der Waals surface area contributed by atoms with Gasteiger partial charge in [-0.2, -0.15) is 0 Å². The lowest BCUT2D eigenvalue weighted by Gasteiger charge is -2.21. The van der Waals surface area contributed by atoms with E-state index in [2.05, 4.69) is 0 Å². The quantitative estimate of drug-likeness (QED) is 0.374. The lowest BCUT2D eigenvalue weighted by molar-refractivity contribution is -0.137. The van der Waals surface area contributed by atoms with Gasteiger partial charge in [0.1, 0.15) is 18.1 Å². The minimum absolute atomic E-state index is 0.0490. The molecule has 3 N–H and O–H groups in total. The highest BCUT2D eigenvalue weighted by Crippen LogP contribution is 2.35. The van der Waals surface area contributed by atoms with Crippen molar-refractivity contribution in [2.45, 2.75) is 57.2 Å². The lowest BCUT2D eigenvalue weighted by atomic mass is 9.86. The molecule has 0 amide bonds. The summed E-state index contributed by atoms with van der Waals surface area (Å²) in [5.74, 6) is -0.469. The minimum atomic E-state index is -0.805. The van der Waals surface area contributed by atoms with Crippen LogP contribution in [0.1, 0.15) is 44.9 Å². The van der Waals surface area contributed by atoms with Gasteiger partial charge in [0.05, 0.1) is 12.2 Å². The van der Waals surface area contributed by atoms with Crippen LogP contribution < -0.4 is 4.74 Å². The molecular weight excluding hydrogens is 360 g/mol. The number of Topliss-reactive ketones (excluding diaryl/α,β-unsaturated/α-hetero) is 1. The van der Waals surface area contributed by atoms with Crippen molar-refractivity contribution in [2.24, 2.45) is 11.8 Å². The third kappa shape index (κ3) is 7.44. The molecule has 6 nitrogen and oxygen atoms in total. The molecule has 154 valence electrons. The number of carboxylic acid groups (broad SMARTS) is 1. The predicted molar refractivity (Wildman–Crippen MR) is 105 cm³/mol. The summed E-state index contributed by atoms with van der Waals surface area (Å²) in [6.07, 6.45) is 5.62. The molecular formula is C22H30O6. The van der Waals surface area contributed by atoms with Crippen LogP contribution in [0.3, 0.4) is 0 Å². The van der Waals surface area contributed by atoms with E-state index in [1.807, 2.05) is 42.5 Å². The highest BCUT2D eigenvalue weighted by Gasteiger charge is 2.40. The summed E-state index contributed by atoms with van der Waals surface area (Å²) < 4.78 is 5.54. The number of aliphatic hydroxyl groups is 2. The Balaban J connectivity index is 1.75. The minimum Gasteiger partial charge on any atom is -0.491 e. The van der Waals surface area contributed by atoms with E-state index in [0.717, 1.165) is 0 Å². The van der Waals surface area contributed by atoms with Gasteiger partial charge < -0.3 is 20.1 Å². The Morgan fingerprint density at radius 2 is 2.00 bits per heavy atom. The van der Waals surface area contributed by atoms with Gasteiger partial charge in [-0.1, -0.05) is 30.4 Å². The third-order valence-corrected chi connectivity index (χ3v) is 5.17. The molecule has 0 aliphatic heterocycles. The van der Waals surface area contributed by atoms with Gasteiger partial charge in [0, 0.05) is 18.8 Å². The van der Waals surface area contributed by atoms with E-state index in [1.165, 1.54) is 0 Å². The number of hydrogen-bond donors (Lipinski definition) is 3. The Bertz CT molecular complexity index is 642. The summed E-state index contributed by atoms with van der Waals surface area (Å²) in [5.41, 5.74) is 0. The molecule has 0 bridgehead atoms. The first-order valence-electron chi connectivity index (χ1n) is 9.91. The molecule has 0 saturated heterocycles. The number of carboxylic acids is 1. The number of hydrogen-bond acceptors (Lipinski definition) is 5. The summed E-state index contributed by atoms with van der Waals surface area (Å²) in [7, 11) is 0. The zero-order chi connectivity index (χ0) is 20.4. The largest absolute Gasteiger partial charge is 0.491 e. The fourth-order valence-corrected chi connectivity index (χ4v) is 3.62. The molecule has 0 radical (unpaired) electrons. The molecule has 0 unspecified atom stereocenters. The monoisotopic (exact) mass is 390 g/mol. The van der Waals surface area contributed by atoms with E-state index in [0.29, 0.717) is 37.9 Å². The molecule has 1 aliphatic carbocycles. The fourth-order valence-electron chi connectivity index (χ4n) is 3.62. The summed E-state index contributed by atoms with van der Waals surface area (Å²) in [5, 5.41) is 29.0. The van der Waals surface area contributed by atoms with Crippen LogP contribution in [0, 0.1) is 11.8 Å². The predicted octanol–water partition coefficient (Wildman–Crippen LogP) is 2.97. The number of unbranched alkanes of at least 4 members (excludes halogenated alkanes) is 1. The summed E-state index contributed by atoms with van der Waals surface area (Å²) in [4.78, 5) is 22.7. The van der Waals surface area contributed by atoms with Gasteiger partial charge in [-0.05, 0) is 50.2 Å². The number of carbonyl (C=O) groups is 2. The van der Waals surface area contributed by atoms with E-state index in [1.54, 1.807) is 0 Å². The van der Waals surface area contributed by atoms with E-state index < -0.39 is 18.2 Å². The van der Waals surface area contributed by atoms with E-state index >= 15 is 0 Å². The van der Waals surface area contributed by atoms with Crippen LogP contribution in [0.15, 0.2) is 42.5 Å². The van der Waals surface area contributed by atoms with Crippen molar-refractivity contribution in [3.8, 4) is 5.75 Å². The molecule has 0 heterocycles. The van der Waals surface area contributed by atoms with Gasteiger partial charge in [-0.25, -0.2) is 0 Å². The molecule has 1 aliphatic rings. The average Bonchev–Trinajstić information content (AvgIpc) is 2.94. The Morgan fingerprint density at radius 1 is 1.25 bits per heavy atom. The average molecular weight is 390 g/mol. The van der Waals surface area contributed by atoms with Gasteiger partial charge in [0.15, 0.2) is 0 Å². The van der Waals surface area contributed by atoms with E-state index in [4.69, 9.17) is 9.84 Å². The molecule has 0 aromatic heterocycles. The smallest absolute Gasteiger partial charge is 0.303 e. The highest BCUT2D eigenvalue weighted by atomic mass is 16.5. The Morgan fingerprint density at radius 3 is 2.71 bits per heavy atom. The van der Waals surface area contributed by atoms with Gasteiger partial charge in [0.2, 0.25) is 0 Å². The molecule has 6 heteroatoms. The zero-order valence-corrected chi connectivity index (χ0v) is 16.1. The van der Waals surface area contributed by atoms with E-state index in [9.17, 15) is 19.8 Å². The van der Waals surface area contributed by atoms with Crippen molar-refractivity contribution >= 4 is 11.8 Å². The summed E-state index contributed by atoms with van der Waals surface area (Å²) in [6.45, 7) is 0.168. The standard InChI is InChI=1S/C22H30O6/c23-16(15-28-17-8-4-3-5-9-17)12-13-19-18(20(24)14-21(19)25)10-6-1-2-7-11-22(26)27/h1,3-6,8-9,16,18-20,23-24H,2,7,10-15H2,(H,26,27)/b6-1-/t16-,18-,19-,20+/m1/s1. The third-order valence-electron chi connectivity index (χ3n) is 5.17. The van der Waals surface area contributed by atoms with Gasteiger partial charge in [0.25, 0.3) is 0 Å². The first-order valence-corrected chi connectivity index (χ1v) is 9.91. The van der Waals surface area contributed by atoms with Crippen LogP contribution in [0.4, 0.5) is 0 Å². The first kappa shape index (κ1) is 22.1. The highest BCUT2D eigenvalue weighted by molar-refractivity contribution is 5.84. The fraction of sp³-hybridized carbons (Fsp3) is 0.545. The molecule has 1 aromatic rings. The van der Waals surface area contributed by atoms with Crippen LogP contribution in [0.2, 0.25) is 0 Å². The van der Waals surface area contributed by atoms with Crippen LogP contribution in [-0.4, -0.2) is 45.9 Å². The second-order valence-corrected chi connectivity index (χ2v) is 7.36. The Hall–Kier alpha value is -2.18. The number of allylic oxidation sites excluding steroid dienone is 2. The number of benzene rings is 1. The number of aliphatic hydroxyl groups excluding tert-OH is 2. The van der Waals surface area contributed by atoms with Crippen molar-refractivity contribution in [1.82, 2.24) is 0 Å².